The minimum atomic E-state index is -0.381. The molecule has 5 heteroatoms. The van der Waals surface area contributed by atoms with E-state index in [0.717, 1.165) is 6.42 Å². The van der Waals surface area contributed by atoms with Gasteiger partial charge in [0.25, 0.3) is 0 Å². The predicted molar refractivity (Wildman–Crippen MR) is 68.0 cm³/mol. The molecule has 0 aromatic heterocycles. The van der Waals surface area contributed by atoms with Crippen LogP contribution in [0.5, 0.6) is 0 Å². The average molecular weight is 255 g/mol. The van der Waals surface area contributed by atoms with Gasteiger partial charge in [0.2, 0.25) is 5.91 Å². The summed E-state index contributed by atoms with van der Waals surface area (Å²) in [5.41, 5.74) is 6.39. The molecule has 4 nitrogen and oxygen atoms in total. The zero-order valence-electron chi connectivity index (χ0n) is 9.63. The van der Waals surface area contributed by atoms with E-state index in [-0.39, 0.29) is 11.3 Å². The zero-order chi connectivity index (χ0) is 12.5. The highest BCUT2D eigenvalue weighted by Crippen LogP contribution is 2.33. The molecule has 0 unspecified atom stereocenters. The van der Waals surface area contributed by atoms with Crippen molar-refractivity contribution in [3.8, 4) is 0 Å². The van der Waals surface area contributed by atoms with E-state index in [1.54, 1.807) is 18.2 Å². The standard InChI is InChI=1S/C12H15ClN2O2/c1-2-12(6-17-7-12)11(16)15-8-3-4-10(14)9(13)5-8/h3-5H,2,6-7,14H2,1H3,(H,15,16). The van der Waals surface area contributed by atoms with Gasteiger partial charge >= 0.3 is 0 Å². The molecule has 92 valence electrons. The van der Waals surface area contributed by atoms with Crippen molar-refractivity contribution in [1.29, 1.82) is 0 Å². The summed E-state index contributed by atoms with van der Waals surface area (Å²) < 4.78 is 5.12. The van der Waals surface area contributed by atoms with E-state index in [1.807, 2.05) is 6.92 Å². The van der Waals surface area contributed by atoms with Crippen molar-refractivity contribution in [2.75, 3.05) is 24.3 Å². The van der Waals surface area contributed by atoms with Gasteiger partial charge in [-0.25, -0.2) is 0 Å². The fraction of sp³-hybridized carbons (Fsp3) is 0.417. The second kappa shape index (κ2) is 4.55. The predicted octanol–water partition coefficient (Wildman–Crippen LogP) is 2.29. The van der Waals surface area contributed by atoms with Crippen LogP contribution in [0.1, 0.15) is 13.3 Å². The maximum Gasteiger partial charge on any atom is 0.235 e. The Kier molecular flexibility index (Phi) is 3.26. The molecule has 17 heavy (non-hydrogen) atoms. The van der Waals surface area contributed by atoms with Gasteiger partial charge in [0.15, 0.2) is 0 Å². The van der Waals surface area contributed by atoms with Gasteiger partial charge in [-0.2, -0.15) is 0 Å². The Morgan fingerprint density at radius 1 is 1.59 bits per heavy atom. The fourth-order valence-corrected chi connectivity index (χ4v) is 1.89. The quantitative estimate of drug-likeness (QED) is 0.814. The van der Waals surface area contributed by atoms with Crippen LogP contribution < -0.4 is 11.1 Å². The molecule has 1 aromatic rings. The maximum atomic E-state index is 12.1. The summed E-state index contributed by atoms with van der Waals surface area (Å²) in [5.74, 6) is -0.0212. The zero-order valence-corrected chi connectivity index (χ0v) is 10.4. The monoisotopic (exact) mass is 254 g/mol. The SMILES string of the molecule is CCC1(C(=O)Nc2ccc(N)c(Cl)c2)COC1. The van der Waals surface area contributed by atoms with Crippen molar-refractivity contribution in [1.82, 2.24) is 0 Å². The van der Waals surface area contributed by atoms with Gasteiger partial charge in [0.05, 0.1) is 29.3 Å². The molecule has 1 aliphatic rings. The van der Waals surface area contributed by atoms with E-state index in [0.29, 0.717) is 29.6 Å². The van der Waals surface area contributed by atoms with Gasteiger partial charge in [0.1, 0.15) is 0 Å². The van der Waals surface area contributed by atoms with Gasteiger partial charge in [-0.3, -0.25) is 4.79 Å². The third-order valence-corrected chi connectivity index (χ3v) is 3.50. The summed E-state index contributed by atoms with van der Waals surface area (Å²) in [6.45, 7) is 2.95. The van der Waals surface area contributed by atoms with Crippen LogP contribution in [0.25, 0.3) is 0 Å². The first-order valence-corrected chi connectivity index (χ1v) is 5.89. The molecule has 2 rings (SSSR count). The molecule has 0 aliphatic carbocycles. The second-order valence-electron chi connectivity index (χ2n) is 4.32. The van der Waals surface area contributed by atoms with Crippen molar-refractivity contribution in [2.24, 2.45) is 5.41 Å². The smallest absolute Gasteiger partial charge is 0.235 e. The lowest BCUT2D eigenvalue weighted by Crippen LogP contribution is -2.51. The van der Waals surface area contributed by atoms with Crippen LogP contribution in [0.2, 0.25) is 5.02 Å². The summed E-state index contributed by atoms with van der Waals surface area (Å²) in [7, 11) is 0. The Morgan fingerprint density at radius 3 is 2.76 bits per heavy atom. The number of anilines is 2. The highest BCUT2D eigenvalue weighted by molar-refractivity contribution is 6.33. The van der Waals surface area contributed by atoms with Crippen LogP contribution >= 0.6 is 11.6 Å². The minimum absolute atomic E-state index is 0.0212. The van der Waals surface area contributed by atoms with Gasteiger partial charge in [-0.1, -0.05) is 18.5 Å². The van der Waals surface area contributed by atoms with Gasteiger partial charge in [0, 0.05) is 5.69 Å². The van der Waals surface area contributed by atoms with Crippen LogP contribution in [0.15, 0.2) is 18.2 Å². The Bertz CT molecular complexity index is 439. The van der Waals surface area contributed by atoms with Crippen LogP contribution in [-0.2, 0) is 9.53 Å². The van der Waals surface area contributed by atoms with Crippen LogP contribution in [0.3, 0.4) is 0 Å². The van der Waals surface area contributed by atoms with E-state index in [1.165, 1.54) is 0 Å². The Morgan fingerprint density at radius 2 is 2.29 bits per heavy atom. The van der Waals surface area contributed by atoms with Gasteiger partial charge in [-0.15, -0.1) is 0 Å². The normalized spacial score (nSPS) is 17.3. The Labute approximate surface area is 105 Å². The van der Waals surface area contributed by atoms with E-state index in [2.05, 4.69) is 5.32 Å². The molecular weight excluding hydrogens is 240 g/mol. The average Bonchev–Trinajstić information content (AvgIpc) is 2.23. The molecule has 0 bridgehead atoms. The van der Waals surface area contributed by atoms with E-state index >= 15 is 0 Å². The first-order chi connectivity index (χ1) is 8.07. The number of hydrogen-bond acceptors (Lipinski definition) is 3. The molecule has 1 amide bonds. The number of carbonyl (C=O) groups is 1. The molecule has 3 N–H and O–H groups in total. The third kappa shape index (κ3) is 2.23. The summed E-state index contributed by atoms with van der Waals surface area (Å²) in [5, 5.41) is 3.29. The number of rotatable bonds is 3. The summed E-state index contributed by atoms with van der Waals surface area (Å²) in [6, 6.07) is 5.06. The number of amides is 1. The van der Waals surface area contributed by atoms with Crippen LogP contribution in [0, 0.1) is 5.41 Å². The summed E-state index contributed by atoms with van der Waals surface area (Å²) >= 11 is 5.89. The van der Waals surface area contributed by atoms with Gasteiger partial charge < -0.3 is 15.8 Å². The number of nitrogen functional groups attached to an aromatic ring is 1. The van der Waals surface area contributed by atoms with Crippen molar-refractivity contribution < 1.29 is 9.53 Å². The molecule has 1 fully saturated rings. The first kappa shape index (κ1) is 12.2. The lowest BCUT2D eigenvalue weighted by atomic mass is 9.82. The topological polar surface area (TPSA) is 64.4 Å². The highest BCUT2D eigenvalue weighted by Gasteiger charge is 2.44. The van der Waals surface area contributed by atoms with E-state index < -0.39 is 0 Å². The molecule has 1 aliphatic heterocycles. The molecule has 1 aromatic carbocycles. The Balaban J connectivity index is 2.10. The lowest BCUT2D eigenvalue weighted by Gasteiger charge is -2.38. The lowest BCUT2D eigenvalue weighted by molar-refractivity contribution is -0.156. The maximum absolute atomic E-state index is 12.1. The Hall–Kier alpha value is -1.26. The first-order valence-electron chi connectivity index (χ1n) is 5.51. The largest absolute Gasteiger partial charge is 0.398 e. The number of hydrogen-bond donors (Lipinski definition) is 2. The second-order valence-corrected chi connectivity index (χ2v) is 4.72. The van der Waals surface area contributed by atoms with Crippen molar-refractivity contribution in [3.63, 3.8) is 0 Å². The number of halogens is 1. The number of carbonyl (C=O) groups excluding carboxylic acids is 1. The van der Waals surface area contributed by atoms with Crippen molar-refractivity contribution in [2.45, 2.75) is 13.3 Å². The highest BCUT2D eigenvalue weighted by atomic mass is 35.5. The van der Waals surface area contributed by atoms with Crippen molar-refractivity contribution in [3.05, 3.63) is 23.2 Å². The van der Waals surface area contributed by atoms with E-state index in [4.69, 9.17) is 22.1 Å². The molecule has 1 heterocycles. The van der Waals surface area contributed by atoms with E-state index in [9.17, 15) is 4.79 Å². The molecule has 0 saturated carbocycles. The minimum Gasteiger partial charge on any atom is -0.398 e. The fourth-order valence-electron chi connectivity index (χ4n) is 1.71. The van der Waals surface area contributed by atoms with Crippen molar-refractivity contribution >= 4 is 28.9 Å². The molecule has 0 atom stereocenters. The molecule has 1 saturated heterocycles. The third-order valence-electron chi connectivity index (χ3n) is 3.17. The van der Waals surface area contributed by atoms with Gasteiger partial charge in [-0.05, 0) is 24.6 Å². The molecule has 0 radical (unpaired) electrons. The molecular formula is C12H15ClN2O2. The molecule has 0 spiro atoms. The number of nitrogens with one attached hydrogen (secondary N) is 1. The van der Waals surface area contributed by atoms with Crippen LogP contribution in [-0.4, -0.2) is 19.1 Å². The van der Waals surface area contributed by atoms with Crippen LogP contribution in [0.4, 0.5) is 11.4 Å². The number of ether oxygens (including phenoxy) is 1. The number of benzene rings is 1. The summed E-state index contributed by atoms with van der Waals surface area (Å²) in [4.78, 5) is 12.1. The summed E-state index contributed by atoms with van der Waals surface area (Å²) in [6.07, 6.45) is 0.765. The number of nitrogens with two attached hydrogens (primary N) is 1.